The molecule has 48 valence electrons. The van der Waals surface area contributed by atoms with Crippen molar-refractivity contribution >= 4 is 24.8 Å². The van der Waals surface area contributed by atoms with Gasteiger partial charge >= 0.3 is 0 Å². The van der Waals surface area contributed by atoms with Crippen LogP contribution in [0.3, 0.4) is 0 Å². The van der Waals surface area contributed by atoms with Crippen LogP contribution in [0.15, 0.2) is 0 Å². The predicted octanol–water partition coefficient (Wildman–Crippen LogP) is 0.702. The van der Waals surface area contributed by atoms with Crippen molar-refractivity contribution in [3.8, 4) is 0 Å². The van der Waals surface area contributed by atoms with Gasteiger partial charge in [0.15, 0.2) is 0 Å². The zero-order valence-electron chi connectivity index (χ0n) is 4.47. The third kappa shape index (κ3) is 21.1. The molecule has 0 aliphatic heterocycles. The van der Waals surface area contributed by atoms with Crippen molar-refractivity contribution in [2.75, 3.05) is 0 Å². The third-order valence-corrected chi connectivity index (χ3v) is 0.333. The predicted molar refractivity (Wildman–Crippen MR) is 37.0 cm³/mol. The lowest BCUT2D eigenvalue weighted by Crippen LogP contribution is -2.29. The van der Waals surface area contributed by atoms with Crippen LogP contribution in [0, 0.1) is 0 Å². The molecule has 0 spiro atoms. The molecule has 0 fully saturated rings. The molecule has 0 aromatic heterocycles. The van der Waals surface area contributed by atoms with E-state index >= 15 is 0 Å². The summed E-state index contributed by atoms with van der Waals surface area (Å²) < 4.78 is 0. The highest BCUT2D eigenvalue weighted by molar-refractivity contribution is 5.85. The molecular weight excluding hydrogens is 135 g/mol. The van der Waals surface area contributed by atoms with Gasteiger partial charge in [-0.2, -0.15) is 0 Å². The Bertz CT molecular complexity index is 24.9. The lowest BCUT2D eigenvalue weighted by Gasteiger charge is -1.95. The van der Waals surface area contributed by atoms with Crippen LogP contribution in [0.2, 0.25) is 0 Å². The summed E-state index contributed by atoms with van der Waals surface area (Å²) in [6.07, 6.45) is 0. The zero-order chi connectivity index (χ0) is 4.28. The second-order valence-corrected chi connectivity index (χ2v) is 1.32. The molecule has 0 aromatic rings. The summed E-state index contributed by atoms with van der Waals surface area (Å²) >= 11 is 0. The first kappa shape index (κ1) is 15.6. The number of nitrogens with one attached hydrogen (secondary N) is 1. The van der Waals surface area contributed by atoms with E-state index in [2.05, 4.69) is 5.43 Å². The molecule has 0 bridgehead atoms. The molecule has 0 aliphatic rings. The Labute approximate surface area is 56.6 Å². The second-order valence-electron chi connectivity index (χ2n) is 1.32. The van der Waals surface area contributed by atoms with Crippen molar-refractivity contribution in [1.82, 2.24) is 5.43 Å². The topological polar surface area (TPSA) is 38.0 Å². The number of hydrazine groups is 1. The Morgan fingerprint density at radius 1 is 1.29 bits per heavy atom. The van der Waals surface area contributed by atoms with Crippen LogP contribution in [0.5, 0.6) is 0 Å². The van der Waals surface area contributed by atoms with Crippen molar-refractivity contribution < 1.29 is 0 Å². The summed E-state index contributed by atoms with van der Waals surface area (Å²) in [5, 5.41) is 0. The molecule has 0 aliphatic carbocycles. The van der Waals surface area contributed by atoms with Gasteiger partial charge in [0.2, 0.25) is 0 Å². The monoisotopic (exact) mass is 146 g/mol. The molecule has 0 saturated carbocycles. The minimum absolute atomic E-state index is 0. The van der Waals surface area contributed by atoms with E-state index in [0.29, 0.717) is 6.04 Å². The first-order valence-corrected chi connectivity index (χ1v) is 1.73. The highest BCUT2D eigenvalue weighted by Gasteiger charge is 1.77. The zero-order valence-corrected chi connectivity index (χ0v) is 6.10. The molecule has 0 heterocycles. The smallest absolute Gasteiger partial charge is 0.0153 e. The normalized spacial score (nSPS) is 6.86. The maximum absolute atomic E-state index is 4.92. The Morgan fingerprint density at radius 3 is 1.43 bits per heavy atom. The summed E-state index contributed by atoms with van der Waals surface area (Å²) in [4.78, 5) is 0. The van der Waals surface area contributed by atoms with Crippen LogP contribution in [0.25, 0.3) is 0 Å². The van der Waals surface area contributed by atoms with Gasteiger partial charge < -0.3 is 0 Å². The van der Waals surface area contributed by atoms with Crippen molar-refractivity contribution in [2.45, 2.75) is 19.9 Å². The van der Waals surface area contributed by atoms with Crippen LogP contribution in [-0.4, -0.2) is 6.04 Å². The van der Waals surface area contributed by atoms with Crippen LogP contribution in [0.1, 0.15) is 13.8 Å². The molecule has 7 heavy (non-hydrogen) atoms. The van der Waals surface area contributed by atoms with Gasteiger partial charge in [-0.3, -0.25) is 11.3 Å². The Balaban J connectivity index is -0.0000000800. The van der Waals surface area contributed by atoms with E-state index in [9.17, 15) is 0 Å². The van der Waals surface area contributed by atoms with Gasteiger partial charge in [0, 0.05) is 6.04 Å². The molecule has 0 aromatic carbocycles. The Kier molecular flexibility index (Phi) is 21.7. The molecule has 2 nitrogen and oxygen atoms in total. The molecule has 0 radical (unpaired) electrons. The number of hydrogen-bond donors (Lipinski definition) is 2. The average Bonchev–Trinajstić information content (AvgIpc) is 1.38. The number of halogens is 2. The van der Waals surface area contributed by atoms with E-state index in [-0.39, 0.29) is 24.8 Å². The first-order chi connectivity index (χ1) is 2.27. The standard InChI is InChI=1S/C3H10N2.2ClH/c1-3(2)5-4;;/h3,5H,4H2,1-2H3;2*1H. The van der Waals surface area contributed by atoms with E-state index in [1.54, 1.807) is 0 Å². The van der Waals surface area contributed by atoms with Gasteiger partial charge in [-0.05, 0) is 13.8 Å². The van der Waals surface area contributed by atoms with Crippen LogP contribution < -0.4 is 11.3 Å². The molecule has 0 amide bonds. The highest BCUT2D eigenvalue weighted by Crippen LogP contribution is 1.64. The van der Waals surface area contributed by atoms with Crippen LogP contribution >= 0.6 is 24.8 Å². The lowest BCUT2D eigenvalue weighted by atomic mass is 10.4. The Morgan fingerprint density at radius 2 is 1.43 bits per heavy atom. The lowest BCUT2D eigenvalue weighted by molar-refractivity contribution is 0.617. The third-order valence-electron chi connectivity index (χ3n) is 0.333. The molecule has 3 N–H and O–H groups in total. The van der Waals surface area contributed by atoms with Crippen molar-refractivity contribution in [3.63, 3.8) is 0 Å². The van der Waals surface area contributed by atoms with Crippen molar-refractivity contribution in [3.05, 3.63) is 0 Å². The summed E-state index contributed by atoms with van der Waals surface area (Å²) in [6, 6.07) is 0.412. The second kappa shape index (κ2) is 9.71. The van der Waals surface area contributed by atoms with Gasteiger partial charge in [0.1, 0.15) is 0 Å². The van der Waals surface area contributed by atoms with Crippen molar-refractivity contribution in [2.24, 2.45) is 5.84 Å². The molecule has 4 heteroatoms. The molecule has 0 rings (SSSR count). The fourth-order valence-electron chi connectivity index (χ4n) is 0. The fourth-order valence-corrected chi connectivity index (χ4v) is 0. The van der Waals surface area contributed by atoms with Crippen molar-refractivity contribution in [1.29, 1.82) is 0 Å². The minimum atomic E-state index is 0. The Hall–Kier alpha value is 0.500. The van der Waals surface area contributed by atoms with Gasteiger partial charge in [-0.15, -0.1) is 24.8 Å². The molecular formula is C3H12Cl2N2. The number of nitrogens with two attached hydrogens (primary N) is 1. The summed E-state index contributed by atoms with van der Waals surface area (Å²) in [5.41, 5.74) is 2.53. The first-order valence-electron chi connectivity index (χ1n) is 1.73. The van der Waals surface area contributed by atoms with E-state index in [1.165, 1.54) is 0 Å². The maximum atomic E-state index is 4.92. The van der Waals surface area contributed by atoms with E-state index in [0.717, 1.165) is 0 Å². The summed E-state index contributed by atoms with van der Waals surface area (Å²) in [6.45, 7) is 3.97. The number of hydrogen-bond acceptors (Lipinski definition) is 2. The fraction of sp³-hybridized carbons (Fsp3) is 1.00. The highest BCUT2D eigenvalue weighted by atomic mass is 35.5. The maximum Gasteiger partial charge on any atom is 0.0153 e. The SMILES string of the molecule is CC(C)NN.Cl.Cl. The molecule has 0 unspecified atom stereocenters. The largest absolute Gasteiger partial charge is 0.271 e. The molecule has 0 saturated heterocycles. The van der Waals surface area contributed by atoms with Gasteiger partial charge in [0.25, 0.3) is 0 Å². The van der Waals surface area contributed by atoms with E-state index in [1.807, 2.05) is 13.8 Å². The van der Waals surface area contributed by atoms with E-state index < -0.39 is 0 Å². The van der Waals surface area contributed by atoms with Gasteiger partial charge in [-0.1, -0.05) is 0 Å². The van der Waals surface area contributed by atoms with Crippen LogP contribution in [0.4, 0.5) is 0 Å². The summed E-state index contributed by atoms with van der Waals surface area (Å²) in [7, 11) is 0. The molecule has 0 atom stereocenters. The quantitative estimate of drug-likeness (QED) is 0.423. The average molecular weight is 147 g/mol. The van der Waals surface area contributed by atoms with Gasteiger partial charge in [-0.25, -0.2) is 0 Å². The van der Waals surface area contributed by atoms with Crippen LogP contribution in [-0.2, 0) is 0 Å². The van der Waals surface area contributed by atoms with Gasteiger partial charge in [0.05, 0.1) is 0 Å². The van der Waals surface area contributed by atoms with E-state index in [4.69, 9.17) is 5.84 Å². The minimum Gasteiger partial charge on any atom is -0.271 e. The summed E-state index contributed by atoms with van der Waals surface area (Å²) in [5.74, 6) is 4.92. The number of rotatable bonds is 1.